The van der Waals surface area contributed by atoms with Gasteiger partial charge in [0.25, 0.3) is 0 Å². The van der Waals surface area contributed by atoms with Gasteiger partial charge in [0.05, 0.1) is 5.76 Å². The minimum Gasteiger partial charge on any atom is -0.513 e. The molecule has 0 aliphatic heterocycles. The molecule has 0 heterocycles. The minimum absolute atomic E-state index is 0.201. The van der Waals surface area contributed by atoms with Crippen LogP contribution in [0.1, 0.15) is 105 Å². The number of amides is 1. The van der Waals surface area contributed by atoms with Crippen molar-refractivity contribution in [1.82, 2.24) is 0 Å². The Labute approximate surface area is 241 Å². The van der Waals surface area contributed by atoms with E-state index in [1.807, 2.05) is 24.3 Å². The van der Waals surface area contributed by atoms with Gasteiger partial charge in [0, 0.05) is 17.2 Å². The molecule has 2 aromatic carbocycles. The van der Waals surface area contributed by atoms with E-state index in [1.54, 1.807) is 17.7 Å². The van der Waals surface area contributed by atoms with Crippen molar-refractivity contribution >= 4 is 12.0 Å². The number of benzene rings is 2. The van der Waals surface area contributed by atoms with Crippen LogP contribution in [-0.2, 0) is 6.42 Å². The summed E-state index contributed by atoms with van der Waals surface area (Å²) in [4.78, 5) is 22.6. The molecule has 0 saturated heterocycles. The average Bonchev–Trinajstić information content (AvgIpc) is 2.97. The summed E-state index contributed by atoms with van der Waals surface area (Å²) in [5, 5.41) is 11.9. The molecule has 4 heteroatoms. The summed E-state index contributed by atoms with van der Waals surface area (Å²) in [6.07, 6.45) is 24.6. The molecule has 0 bridgehead atoms. The number of aliphatic hydroxyl groups excluding tert-OH is 1. The van der Waals surface area contributed by atoms with Gasteiger partial charge < -0.3 is 5.11 Å². The van der Waals surface area contributed by atoms with Crippen LogP contribution >= 0.6 is 0 Å². The lowest BCUT2D eigenvalue weighted by Gasteiger charge is -2.15. The molecule has 214 valence electrons. The van der Waals surface area contributed by atoms with E-state index < -0.39 is 5.91 Å². The summed E-state index contributed by atoms with van der Waals surface area (Å²) >= 11 is 0. The second-order valence-electron chi connectivity index (χ2n) is 10.6. The van der Waals surface area contributed by atoms with Gasteiger partial charge in [-0.2, -0.15) is 0 Å². The van der Waals surface area contributed by atoms with Crippen molar-refractivity contribution in [2.24, 2.45) is 11.1 Å². The fraction of sp³-hybridized carbons (Fsp3) is 0.417. The Morgan fingerprint density at radius 1 is 1.02 bits per heavy atom. The molecule has 0 radical (unpaired) electrons. The molecular weight excluding hydrogens is 494 g/mol. The molecule has 0 fully saturated rings. The summed E-state index contributed by atoms with van der Waals surface area (Å²) in [5.74, 6) is -0.319. The highest BCUT2D eigenvalue weighted by molar-refractivity contribution is 5.96. The van der Waals surface area contributed by atoms with Gasteiger partial charge in [0.2, 0.25) is 0 Å². The Morgan fingerprint density at radius 2 is 1.80 bits per heavy atom. The first-order valence-electron chi connectivity index (χ1n) is 14.9. The first-order chi connectivity index (χ1) is 19.4. The lowest BCUT2D eigenvalue weighted by Crippen LogP contribution is -2.07. The molecular formula is C36H47NO3. The van der Waals surface area contributed by atoms with Gasteiger partial charge in [-0.05, 0) is 80.5 Å². The maximum Gasteiger partial charge on any atom is 0.317 e. The first-order valence-corrected chi connectivity index (χ1v) is 14.9. The summed E-state index contributed by atoms with van der Waals surface area (Å²) in [5.41, 5.74) is 5.14. The van der Waals surface area contributed by atoms with Crippen LogP contribution in [0.25, 0.3) is 6.08 Å². The molecule has 4 nitrogen and oxygen atoms in total. The van der Waals surface area contributed by atoms with E-state index in [1.165, 1.54) is 50.5 Å². The van der Waals surface area contributed by atoms with Crippen molar-refractivity contribution in [3.8, 4) is 0 Å². The number of nitroso groups, excluding NO2 is 1. The predicted octanol–water partition coefficient (Wildman–Crippen LogP) is 10.6. The Kier molecular flexibility index (Phi) is 15.9. The Morgan fingerprint density at radius 3 is 2.50 bits per heavy atom. The third-order valence-corrected chi connectivity index (χ3v) is 7.23. The zero-order chi connectivity index (χ0) is 29.0. The minimum atomic E-state index is -0.728. The molecule has 0 aromatic heterocycles. The number of nitrogens with zero attached hydrogens (tertiary/aromatic N) is 1. The van der Waals surface area contributed by atoms with Gasteiger partial charge in [-0.1, -0.05) is 118 Å². The lowest BCUT2D eigenvalue weighted by molar-refractivity contribution is 0.0999. The van der Waals surface area contributed by atoms with Gasteiger partial charge in [0.15, 0.2) is 0 Å². The summed E-state index contributed by atoms with van der Waals surface area (Å²) in [7, 11) is 0. The highest BCUT2D eigenvalue weighted by Crippen LogP contribution is 2.23. The van der Waals surface area contributed by atoms with Gasteiger partial charge in [-0.25, -0.2) is 0 Å². The van der Waals surface area contributed by atoms with Crippen LogP contribution in [0.5, 0.6) is 0 Å². The monoisotopic (exact) mass is 541 g/mol. The van der Waals surface area contributed by atoms with Crippen molar-refractivity contribution in [2.45, 2.75) is 90.9 Å². The van der Waals surface area contributed by atoms with E-state index in [4.69, 9.17) is 0 Å². The number of hydrogen-bond donors (Lipinski definition) is 1. The fourth-order valence-corrected chi connectivity index (χ4v) is 4.86. The third-order valence-electron chi connectivity index (χ3n) is 7.23. The number of aliphatic hydroxyl groups is 1. The van der Waals surface area contributed by atoms with Crippen molar-refractivity contribution in [3.63, 3.8) is 0 Å². The van der Waals surface area contributed by atoms with Crippen molar-refractivity contribution < 1.29 is 9.90 Å². The number of hydrogen-bond acceptors (Lipinski definition) is 3. The van der Waals surface area contributed by atoms with Crippen LogP contribution < -0.4 is 0 Å². The van der Waals surface area contributed by atoms with Crippen LogP contribution in [0.2, 0.25) is 0 Å². The van der Waals surface area contributed by atoms with Crippen molar-refractivity contribution in [2.75, 3.05) is 0 Å². The van der Waals surface area contributed by atoms with E-state index in [9.17, 15) is 14.8 Å². The highest BCUT2D eigenvalue weighted by Gasteiger charge is 2.15. The molecule has 3 rings (SSSR count). The molecule has 1 aliphatic carbocycles. The second-order valence-corrected chi connectivity index (χ2v) is 10.6. The molecule has 1 N–H and O–H groups in total. The van der Waals surface area contributed by atoms with Gasteiger partial charge in [-0.15, -0.1) is 4.91 Å². The number of aryl methyl sites for hydroxylation is 1. The predicted molar refractivity (Wildman–Crippen MR) is 169 cm³/mol. The zero-order valence-corrected chi connectivity index (χ0v) is 24.5. The fourth-order valence-electron chi connectivity index (χ4n) is 4.86. The SMILES string of the molecule is C=C(O)CCCCC(/C=C/c1ccccc1C)Cc1ccccc1C(=O)N=O.CCCCCCC1=CCCC=C1. The maximum absolute atomic E-state index is 11.8. The Balaban J connectivity index is 0.000000389. The van der Waals surface area contributed by atoms with Crippen LogP contribution in [0.4, 0.5) is 0 Å². The van der Waals surface area contributed by atoms with Gasteiger partial charge >= 0.3 is 5.91 Å². The molecule has 2 aromatic rings. The van der Waals surface area contributed by atoms with E-state index in [0.717, 1.165) is 30.4 Å². The Hall–Kier alpha value is -3.53. The van der Waals surface area contributed by atoms with E-state index in [2.05, 4.69) is 68.1 Å². The number of carbonyl (C=O) groups excluding carboxylic acids is 1. The van der Waals surface area contributed by atoms with E-state index >= 15 is 0 Å². The molecule has 1 atom stereocenters. The van der Waals surface area contributed by atoms with Crippen LogP contribution in [0.3, 0.4) is 0 Å². The van der Waals surface area contributed by atoms with Crippen LogP contribution in [-0.4, -0.2) is 11.0 Å². The van der Waals surface area contributed by atoms with Crippen LogP contribution in [0, 0.1) is 17.7 Å². The van der Waals surface area contributed by atoms with Crippen LogP contribution in [0.15, 0.2) is 95.9 Å². The first kappa shape index (κ1) is 32.7. The summed E-state index contributed by atoms with van der Waals surface area (Å²) in [6.45, 7) is 7.87. The zero-order valence-electron chi connectivity index (χ0n) is 24.5. The smallest absolute Gasteiger partial charge is 0.317 e. The standard InChI is InChI=1S/C24H27NO3.C12H20/c1-18-9-3-6-12-21(18)16-15-20(11-5-4-10-19(2)26)17-22-13-7-8-14-23(22)24(27)25-28;1-2-3-4-6-9-12-10-7-5-8-11-12/h3,6-9,12-16,20,26H,2,4-5,10-11,17H2,1H3;7,10-11H,2-6,8-9H2,1H3/b16-15+;. The third kappa shape index (κ3) is 13.0. The molecule has 1 amide bonds. The normalized spacial score (nSPS) is 13.3. The molecule has 0 saturated carbocycles. The largest absolute Gasteiger partial charge is 0.513 e. The van der Waals surface area contributed by atoms with Gasteiger partial charge in [0.1, 0.15) is 0 Å². The molecule has 1 aliphatic rings. The van der Waals surface area contributed by atoms with E-state index in [0.29, 0.717) is 18.4 Å². The summed E-state index contributed by atoms with van der Waals surface area (Å²) < 4.78 is 0. The lowest BCUT2D eigenvalue weighted by atomic mass is 9.90. The Bertz CT molecular complexity index is 1160. The highest BCUT2D eigenvalue weighted by atomic mass is 16.3. The second kappa shape index (κ2) is 19.5. The number of carbonyl (C=O) groups is 1. The van der Waals surface area contributed by atoms with Gasteiger partial charge in [-0.3, -0.25) is 4.79 Å². The molecule has 40 heavy (non-hydrogen) atoms. The maximum atomic E-state index is 11.8. The van der Waals surface area contributed by atoms with E-state index in [-0.39, 0.29) is 11.7 Å². The number of rotatable bonds is 15. The van der Waals surface area contributed by atoms with Crippen molar-refractivity contribution in [3.05, 3.63) is 118 Å². The van der Waals surface area contributed by atoms with Crippen molar-refractivity contribution in [1.29, 1.82) is 0 Å². The topological polar surface area (TPSA) is 66.7 Å². The number of unbranched alkanes of at least 4 members (excludes halogenated alkanes) is 4. The molecule has 0 spiro atoms. The average molecular weight is 542 g/mol. The number of allylic oxidation sites excluding steroid dienone is 6. The quantitative estimate of drug-likeness (QED) is 0.138. The summed E-state index contributed by atoms with van der Waals surface area (Å²) in [6, 6.07) is 15.3. The molecule has 1 unspecified atom stereocenters.